The molecule has 3 heteroatoms. The Morgan fingerprint density at radius 1 is 1.16 bits per heavy atom. The molecule has 0 aliphatic heterocycles. The summed E-state index contributed by atoms with van der Waals surface area (Å²) in [7, 11) is 0. The van der Waals surface area contributed by atoms with Crippen molar-refractivity contribution in [3.8, 4) is 0 Å². The van der Waals surface area contributed by atoms with Crippen LogP contribution in [-0.2, 0) is 13.1 Å². The number of nitrogens with zero attached hydrogens (tertiary/aromatic N) is 2. The zero-order valence-corrected chi connectivity index (χ0v) is 11.6. The minimum Gasteiger partial charge on any atom is -0.365 e. The Morgan fingerprint density at radius 3 is 2.63 bits per heavy atom. The molecule has 0 fully saturated rings. The second-order valence-electron chi connectivity index (χ2n) is 4.62. The van der Waals surface area contributed by atoms with E-state index in [1.807, 2.05) is 18.3 Å². The number of nitrogens with two attached hydrogens (primary N) is 1. The number of anilines is 1. The highest BCUT2D eigenvalue weighted by molar-refractivity contribution is 5.59. The van der Waals surface area contributed by atoms with Crippen LogP contribution < -0.4 is 10.6 Å². The lowest BCUT2D eigenvalue weighted by Crippen LogP contribution is -2.25. The third kappa shape index (κ3) is 3.12. The summed E-state index contributed by atoms with van der Waals surface area (Å²) < 4.78 is 0. The quantitative estimate of drug-likeness (QED) is 0.893. The van der Waals surface area contributed by atoms with Gasteiger partial charge in [-0.1, -0.05) is 24.3 Å². The molecule has 0 aliphatic carbocycles. The second-order valence-corrected chi connectivity index (χ2v) is 4.62. The molecule has 2 rings (SSSR count). The fourth-order valence-corrected chi connectivity index (χ4v) is 2.37. The standard InChI is InChI=1S/C16H21N3/c1-3-19(12-15-9-4-5-10-18-15)16-13(2)7-6-8-14(16)11-17/h4-10H,3,11-12,17H2,1-2H3. The number of hydrogen-bond donors (Lipinski definition) is 1. The average Bonchev–Trinajstić information content (AvgIpc) is 2.46. The van der Waals surface area contributed by atoms with E-state index in [9.17, 15) is 0 Å². The van der Waals surface area contributed by atoms with Crippen LogP contribution in [0.4, 0.5) is 5.69 Å². The van der Waals surface area contributed by atoms with Crippen molar-refractivity contribution in [1.82, 2.24) is 4.98 Å². The average molecular weight is 255 g/mol. The molecule has 19 heavy (non-hydrogen) atoms. The lowest BCUT2D eigenvalue weighted by molar-refractivity contribution is 0.797. The molecule has 0 unspecified atom stereocenters. The predicted molar refractivity (Wildman–Crippen MR) is 80.0 cm³/mol. The topological polar surface area (TPSA) is 42.2 Å². The summed E-state index contributed by atoms with van der Waals surface area (Å²) in [6, 6.07) is 12.3. The van der Waals surface area contributed by atoms with Crippen LogP contribution in [0.3, 0.4) is 0 Å². The number of hydrogen-bond acceptors (Lipinski definition) is 3. The normalized spacial score (nSPS) is 10.5. The van der Waals surface area contributed by atoms with Gasteiger partial charge in [0.1, 0.15) is 0 Å². The van der Waals surface area contributed by atoms with Gasteiger partial charge in [-0.3, -0.25) is 4.98 Å². The third-order valence-electron chi connectivity index (χ3n) is 3.32. The van der Waals surface area contributed by atoms with Crippen molar-refractivity contribution in [1.29, 1.82) is 0 Å². The summed E-state index contributed by atoms with van der Waals surface area (Å²) in [6.45, 7) is 6.62. The van der Waals surface area contributed by atoms with E-state index in [0.29, 0.717) is 6.54 Å². The summed E-state index contributed by atoms with van der Waals surface area (Å²) >= 11 is 0. The maximum atomic E-state index is 5.86. The SMILES string of the molecule is CCN(Cc1ccccn1)c1c(C)cccc1CN. The Balaban J connectivity index is 2.32. The molecule has 2 aromatic rings. The van der Waals surface area contributed by atoms with Gasteiger partial charge < -0.3 is 10.6 Å². The fourth-order valence-electron chi connectivity index (χ4n) is 2.37. The van der Waals surface area contributed by atoms with E-state index in [1.165, 1.54) is 16.8 Å². The highest BCUT2D eigenvalue weighted by Crippen LogP contribution is 2.26. The number of aromatic nitrogens is 1. The maximum absolute atomic E-state index is 5.86. The first kappa shape index (κ1) is 13.6. The second kappa shape index (κ2) is 6.34. The molecule has 2 N–H and O–H groups in total. The molecular weight excluding hydrogens is 234 g/mol. The van der Waals surface area contributed by atoms with Crippen molar-refractivity contribution >= 4 is 5.69 Å². The van der Waals surface area contributed by atoms with Crippen molar-refractivity contribution in [3.63, 3.8) is 0 Å². The molecule has 0 aliphatic rings. The summed E-state index contributed by atoms with van der Waals surface area (Å²) in [5, 5.41) is 0. The molecule has 0 saturated carbocycles. The molecule has 0 bridgehead atoms. The first-order chi connectivity index (χ1) is 9.26. The molecule has 0 atom stereocenters. The highest BCUT2D eigenvalue weighted by Gasteiger charge is 2.12. The number of rotatable bonds is 5. The molecule has 0 spiro atoms. The summed E-state index contributed by atoms with van der Waals surface area (Å²) in [6.07, 6.45) is 1.84. The number of para-hydroxylation sites is 1. The molecule has 100 valence electrons. The van der Waals surface area contributed by atoms with Gasteiger partial charge in [-0.05, 0) is 37.1 Å². The van der Waals surface area contributed by atoms with Crippen molar-refractivity contribution in [2.45, 2.75) is 26.9 Å². The van der Waals surface area contributed by atoms with Gasteiger partial charge in [0.25, 0.3) is 0 Å². The van der Waals surface area contributed by atoms with Crippen molar-refractivity contribution in [3.05, 3.63) is 59.4 Å². The fraction of sp³-hybridized carbons (Fsp3) is 0.312. The Bertz CT molecular complexity index is 523. The van der Waals surface area contributed by atoms with Crippen LogP contribution in [0.5, 0.6) is 0 Å². The van der Waals surface area contributed by atoms with E-state index >= 15 is 0 Å². The van der Waals surface area contributed by atoms with Crippen molar-refractivity contribution in [2.75, 3.05) is 11.4 Å². The summed E-state index contributed by atoms with van der Waals surface area (Å²) in [5.74, 6) is 0. The van der Waals surface area contributed by atoms with Gasteiger partial charge in [-0.2, -0.15) is 0 Å². The molecular formula is C16H21N3. The number of aryl methyl sites for hydroxylation is 1. The summed E-state index contributed by atoms with van der Waals surface area (Å²) in [4.78, 5) is 6.74. The first-order valence-corrected chi connectivity index (χ1v) is 6.69. The van der Waals surface area contributed by atoms with E-state index in [1.54, 1.807) is 0 Å². The van der Waals surface area contributed by atoms with E-state index in [0.717, 1.165) is 18.8 Å². The molecule has 3 nitrogen and oxygen atoms in total. The van der Waals surface area contributed by atoms with Crippen LogP contribution in [0.1, 0.15) is 23.7 Å². The van der Waals surface area contributed by atoms with Crippen LogP contribution in [0.15, 0.2) is 42.6 Å². The highest BCUT2D eigenvalue weighted by atomic mass is 15.1. The smallest absolute Gasteiger partial charge is 0.0602 e. The van der Waals surface area contributed by atoms with E-state index in [4.69, 9.17) is 5.73 Å². The van der Waals surface area contributed by atoms with Gasteiger partial charge in [0.2, 0.25) is 0 Å². The van der Waals surface area contributed by atoms with Crippen LogP contribution in [-0.4, -0.2) is 11.5 Å². The molecule has 0 radical (unpaired) electrons. The predicted octanol–water partition coefficient (Wildman–Crippen LogP) is 2.88. The lowest BCUT2D eigenvalue weighted by atomic mass is 10.1. The number of benzene rings is 1. The third-order valence-corrected chi connectivity index (χ3v) is 3.32. The zero-order chi connectivity index (χ0) is 13.7. The first-order valence-electron chi connectivity index (χ1n) is 6.69. The van der Waals surface area contributed by atoms with Gasteiger partial charge in [0.15, 0.2) is 0 Å². The minimum absolute atomic E-state index is 0.565. The van der Waals surface area contributed by atoms with Gasteiger partial charge in [0, 0.05) is 25.0 Å². The van der Waals surface area contributed by atoms with Crippen molar-refractivity contribution in [2.24, 2.45) is 5.73 Å². The van der Waals surface area contributed by atoms with E-state index < -0.39 is 0 Å². The van der Waals surface area contributed by atoms with Gasteiger partial charge in [-0.15, -0.1) is 0 Å². The van der Waals surface area contributed by atoms with Crippen LogP contribution in [0.25, 0.3) is 0 Å². The monoisotopic (exact) mass is 255 g/mol. The van der Waals surface area contributed by atoms with Crippen LogP contribution >= 0.6 is 0 Å². The Kier molecular flexibility index (Phi) is 4.53. The largest absolute Gasteiger partial charge is 0.365 e. The van der Waals surface area contributed by atoms with Crippen LogP contribution in [0, 0.1) is 6.92 Å². The van der Waals surface area contributed by atoms with E-state index in [-0.39, 0.29) is 0 Å². The van der Waals surface area contributed by atoms with Crippen LogP contribution in [0.2, 0.25) is 0 Å². The molecule has 1 heterocycles. The number of pyridine rings is 1. The zero-order valence-electron chi connectivity index (χ0n) is 11.6. The molecule has 1 aromatic carbocycles. The van der Waals surface area contributed by atoms with E-state index in [2.05, 4.69) is 48.0 Å². The Labute approximate surface area is 115 Å². The Hall–Kier alpha value is -1.87. The van der Waals surface area contributed by atoms with Crippen molar-refractivity contribution < 1.29 is 0 Å². The molecule has 0 amide bonds. The molecule has 0 saturated heterocycles. The summed E-state index contributed by atoms with van der Waals surface area (Å²) in [5.41, 5.74) is 10.6. The maximum Gasteiger partial charge on any atom is 0.0602 e. The van der Waals surface area contributed by atoms with Gasteiger partial charge >= 0.3 is 0 Å². The van der Waals surface area contributed by atoms with Gasteiger partial charge in [0.05, 0.1) is 12.2 Å². The molecule has 1 aromatic heterocycles. The van der Waals surface area contributed by atoms with Gasteiger partial charge in [-0.25, -0.2) is 0 Å². The lowest BCUT2D eigenvalue weighted by Gasteiger charge is -2.27. The Morgan fingerprint density at radius 2 is 2.00 bits per heavy atom. The minimum atomic E-state index is 0.565.